The molecule has 0 saturated heterocycles. The van der Waals surface area contributed by atoms with E-state index < -0.39 is 0 Å². The number of nitrogens with zero attached hydrogens (tertiary/aromatic N) is 1. The van der Waals surface area contributed by atoms with Crippen LogP contribution in [0.3, 0.4) is 0 Å². The van der Waals surface area contributed by atoms with E-state index in [-0.39, 0.29) is 23.7 Å². The smallest absolute Gasteiger partial charge is 0.297 e. The normalized spacial score (nSPS) is 10.6. The Balaban J connectivity index is 2.77. The summed E-state index contributed by atoms with van der Waals surface area (Å²) in [6.45, 7) is 6.44. The molecule has 0 radical (unpaired) electrons. The Morgan fingerprint density at radius 2 is 2.14 bits per heavy atom. The molecule has 0 saturated carbocycles. The van der Waals surface area contributed by atoms with Gasteiger partial charge in [0.15, 0.2) is 5.75 Å². The molecule has 1 aromatic heterocycles. The van der Waals surface area contributed by atoms with Crippen molar-refractivity contribution in [3.05, 3.63) is 41.2 Å². The number of ether oxygens (including phenoxy) is 2. The van der Waals surface area contributed by atoms with Crippen molar-refractivity contribution in [2.24, 2.45) is 0 Å². The zero-order valence-corrected chi connectivity index (χ0v) is 13.0. The van der Waals surface area contributed by atoms with Crippen molar-refractivity contribution in [3.63, 3.8) is 0 Å². The second-order valence-electron chi connectivity index (χ2n) is 4.97. The SMILES string of the molecule is C=CCOc1c(OC)c2ccc(O)cc2n(CCCC)c1=O. The molecule has 0 aliphatic carbocycles. The highest BCUT2D eigenvalue weighted by Gasteiger charge is 2.19. The van der Waals surface area contributed by atoms with E-state index in [0.717, 1.165) is 18.2 Å². The van der Waals surface area contributed by atoms with E-state index in [1.807, 2.05) is 0 Å². The zero-order valence-electron chi connectivity index (χ0n) is 13.0. The molecular formula is C17H21NO4. The first-order valence-electron chi connectivity index (χ1n) is 7.31. The molecule has 0 amide bonds. The lowest BCUT2D eigenvalue weighted by Gasteiger charge is -2.17. The molecule has 1 aromatic carbocycles. The zero-order chi connectivity index (χ0) is 16.1. The Bertz CT molecular complexity index is 733. The maximum Gasteiger partial charge on any atom is 0.297 e. The fourth-order valence-electron chi connectivity index (χ4n) is 2.40. The minimum Gasteiger partial charge on any atom is -0.508 e. The molecular weight excluding hydrogens is 282 g/mol. The van der Waals surface area contributed by atoms with Gasteiger partial charge in [-0.25, -0.2) is 0 Å². The predicted octanol–water partition coefficient (Wildman–Crippen LogP) is 3.08. The van der Waals surface area contributed by atoms with Crippen LogP contribution in [-0.2, 0) is 6.54 Å². The fraction of sp³-hybridized carbons (Fsp3) is 0.353. The Hall–Kier alpha value is -2.43. The minimum atomic E-state index is -0.259. The van der Waals surface area contributed by atoms with Crippen molar-refractivity contribution in [1.29, 1.82) is 0 Å². The summed E-state index contributed by atoms with van der Waals surface area (Å²) in [6.07, 6.45) is 3.40. The van der Waals surface area contributed by atoms with Crippen molar-refractivity contribution in [1.82, 2.24) is 4.57 Å². The van der Waals surface area contributed by atoms with Gasteiger partial charge >= 0.3 is 0 Å². The summed E-state index contributed by atoms with van der Waals surface area (Å²) >= 11 is 0. The highest BCUT2D eigenvalue weighted by Crippen LogP contribution is 2.34. The number of aromatic nitrogens is 1. The van der Waals surface area contributed by atoms with Crippen LogP contribution in [0.5, 0.6) is 17.2 Å². The number of hydrogen-bond donors (Lipinski definition) is 1. The maximum atomic E-state index is 12.7. The highest BCUT2D eigenvalue weighted by atomic mass is 16.5. The van der Waals surface area contributed by atoms with Gasteiger partial charge in [-0.2, -0.15) is 0 Å². The summed E-state index contributed by atoms with van der Waals surface area (Å²) in [6, 6.07) is 4.87. The first-order valence-corrected chi connectivity index (χ1v) is 7.31. The van der Waals surface area contributed by atoms with Crippen molar-refractivity contribution >= 4 is 10.9 Å². The van der Waals surface area contributed by atoms with Gasteiger partial charge in [-0.1, -0.05) is 26.0 Å². The minimum absolute atomic E-state index is 0.110. The molecule has 0 fully saturated rings. The Morgan fingerprint density at radius 1 is 1.36 bits per heavy atom. The average molecular weight is 303 g/mol. The molecule has 0 aliphatic heterocycles. The summed E-state index contributed by atoms with van der Waals surface area (Å²) in [4.78, 5) is 12.7. The second kappa shape index (κ2) is 7.02. The molecule has 2 aromatic rings. The van der Waals surface area contributed by atoms with Gasteiger partial charge in [-0.15, -0.1) is 0 Å². The van der Waals surface area contributed by atoms with E-state index in [0.29, 0.717) is 17.8 Å². The van der Waals surface area contributed by atoms with Gasteiger partial charge in [0, 0.05) is 18.0 Å². The molecule has 0 bridgehead atoms. The molecule has 0 atom stereocenters. The van der Waals surface area contributed by atoms with Gasteiger partial charge in [0.2, 0.25) is 5.75 Å². The van der Waals surface area contributed by atoms with Crippen LogP contribution in [-0.4, -0.2) is 23.4 Å². The van der Waals surface area contributed by atoms with Crippen LogP contribution in [0.4, 0.5) is 0 Å². The van der Waals surface area contributed by atoms with Crippen molar-refractivity contribution in [2.45, 2.75) is 26.3 Å². The van der Waals surface area contributed by atoms with Crippen LogP contribution in [0.25, 0.3) is 10.9 Å². The molecule has 22 heavy (non-hydrogen) atoms. The summed E-state index contributed by atoms with van der Waals surface area (Å²) in [7, 11) is 1.50. The van der Waals surface area contributed by atoms with Crippen LogP contribution < -0.4 is 15.0 Å². The van der Waals surface area contributed by atoms with Crippen molar-refractivity contribution < 1.29 is 14.6 Å². The number of aromatic hydroxyl groups is 1. The summed E-state index contributed by atoms with van der Waals surface area (Å²) in [5.41, 5.74) is 0.381. The van der Waals surface area contributed by atoms with Gasteiger partial charge in [0.1, 0.15) is 12.4 Å². The number of phenolic OH excluding ortho intramolecular Hbond substituents is 1. The average Bonchev–Trinajstić information content (AvgIpc) is 2.52. The van der Waals surface area contributed by atoms with Crippen LogP contribution >= 0.6 is 0 Å². The number of benzene rings is 1. The molecule has 118 valence electrons. The number of phenols is 1. The quantitative estimate of drug-likeness (QED) is 0.799. The number of methoxy groups -OCH3 is 1. The first kappa shape index (κ1) is 15.9. The van der Waals surface area contributed by atoms with E-state index in [4.69, 9.17) is 9.47 Å². The number of pyridine rings is 1. The molecule has 5 nitrogen and oxygen atoms in total. The maximum absolute atomic E-state index is 12.7. The lowest BCUT2D eigenvalue weighted by Crippen LogP contribution is -2.23. The standard InChI is InChI=1S/C17H21NO4/c1-4-6-9-18-14-11-12(19)7-8-13(14)15(21-3)16(17(18)20)22-10-5-2/h5,7-8,11,19H,2,4,6,9-10H2,1,3H3. The number of unbranched alkanes of at least 4 members (excludes halogenated alkanes) is 1. The molecule has 2 rings (SSSR count). The van der Waals surface area contributed by atoms with E-state index >= 15 is 0 Å². The van der Waals surface area contributed by atoms with Crippen LogP contribution in [0.1, 0.15) is 19.8 Å². The third-order valence-electron chi connectivity index (χ3n) is 3.45. The number of hydrogen-bond acceptors (Lipinski definition) is 4. The van der Waals surface area contributed by atoms with Crippen molar-refractivity contribution in [3.8, 4) is 17.2 Å². The largest absolute Gasteiger partial charge is 0.508 e. The molecule has 0 spiro atoms. The Labute approximate surface area is 129 Å². The van der Waals surface area contributed by atoms with Crippen LogP contribution in [0, 0.1) is 0 Å². The lowest BCUT2D eigenvalue weighted by molar-refractivity contribution is 0.321. The summed E-state index contributed by atoms with van der Waals surface area (Å²) in [5.74, 6) is 0.672. The van der Waals surface area contributed by atoms with Gasteiger partial charge in [0.25, 0.3) is 5.56 Å². The summed E-state index contributed by atoms with van der Waals surface area (Å²) in [5, 5.41) is 10.5. The predicted molar refractivity (Wildman–Crippen MR) is 87.0 cm³/mol. The van der Waals surface area contributed by atoms with Gasteiger partial charge in [0.05, 0.1) is 12.6 Å². The van der Waals surface area contributed by atoms with Gasteiger partial charge in [-0.05, 0) is 18.6 Å². The monoisotopic (exact) mass is 303 g/mol. The van der Waals surface area contributed by atoms with E-state index in [9.17, 15) is 9.90 Å². The topological polar surface area (TPSA) is 60.7 Å². The van der Waals surface area contributed by atoms with Gasteiger partial charge < -0.3 is 19.1 Å². The molecule has 0 unspecified atom stereocenters. The van der Waals surface area contributed by atoms with Gasteiger partial charge in [-0.3, -0.25) is 4.79 Å². The molecule has 1 heterocycles. The summed E-state index contributed by atoms with van der Waals surface area (Å²) < 4.78 is 12.5. The fourth-order valence-corrected chi connectivity index (χ4v) is 2.40. The lowest BCUT2D eigenvalue weighted by atomic mass is 10.1. The third kappa shape index (κ3) is 2.93. The molecule has 1 N–H and O–H groups in total. The van der Waals surface area contributed by atoms with E-state index in [2.05, 4.69) is 13.5 Å². The van der Waals surface area contributed by atoms with Crippen LogP contribution in [0.15, 0.2) is 35.6 Å². The number of aryl methyl sites for hydroxylation is 1. The van der Waals surface area contributed by atoms with Crippen molar-refractivity contribution in [2.75, 3.05) is 13.7 Å². The number of rotatable bonds is 7. The molecule has 0 aliphatic rings. The van der Waals surface area contributed by atoms with Crippen LogP contribution in [0.2, 0.25) is 0 Å². The third-order valence-corrected chi connectivity index (χ3v) is 3.45. The Kier molecular flexibility index (Phi) is 5.09. The number of fused-ring (bicyclic) bond motifs is 1. The first-order chi connectivity index (χ1) is 10.6. The second-order valence-corrected chi connectivity index (χ2v) is 4.97. The molecule has 5 heteroatoms. The Morgan fingerprint density at radius 3 is 2.77 bits per heavy atom. The van der Waals surface area contributed by atoms with E-state index in [1.165, 1.54) is 7.11 Å². The highest BCUT2D eigenvalue weighted by molar-refractivity contribution is 5.89. The van der Waals surface area contributed by atoms with E-state index in [1.54, 1.807) is 28.8 Å².